The molecule has 3 N–H and O–H groups in total. The normalized spacial score (nSPS) is 28.8. The summed E-state index contributed by atoms with van der Waals surface area (Å²) in [5.41, 5.74) is -0.402. The second-order valence-corrected chi connectivity index (χ2v) is 6.58. The molecule has 4 heteroatoms. The first kappa shape index (κ1) is 15.3. The van der Waals surface area contributed by atoms with Crippen LogP contribution in [-0.4, -0.2) is 29.8 Å². The van der Waals surface area contributed by atoms with Crippen LogP contribution in [-0.2, 0) is 0 Å². The lowest BCUT2D eigenvalue weighted by Gasteiger charge is -2.41. The van der Waals surface area contributed by atoms with Crippen molar-refractivity contribution in [2.75, 3.05) is 13.1 Å². The van der Waals surface area contributed by atoms with E-state index in [1.807, 2.05) is 6.92 Å². The van der Waals surface area contributed by atoms with E-state index < -0.39 is 5.60 Å². The van der Waals surface area contributed by atoms with Crippen molar-refractivity contribution < 1.29 is 9.90 Å². The number of hydrogen-bond acceptors (Lipinski definition) is 2. The molecule has 0 aliphatic heterocycles. The molecule has 1 fully saturated rings. The number of rotatable bonds is 3. The molecule has 1 aliphatic carbocycles. The molecule has 4 nitrogen and oxygen atoms in total. The van der Waals surface area contributed by atoms with Crippen LogP contribution in [0.3, 0.4) is 0 Å². The molecule has 0 unspecified atom stereocenters. The van der Waals surface area contributed by atoms with Gasteiger partial charge in [-0.1, -0.05) is 20.8 Å². The Labute approximate surface area is 111 Å². The average molecular weight is 256 g/mol. The Bertz CT molecular complexity index is 276. The summed E-state index contributed by atoms with van der Waals surface area (Å²) < 4.78 is 0. The molecule has 0 bridgehead atoms. The topological polar surface area (TPSA) is 61.4 Å². The molecule has 106 valence electrons. The standard InChI is InChI=1S/C14H28N2O2/c1-5-15-12(17)16-10-14(18)8-6-11(7-9-14)13(2,3)4/h11,18H,5-10H2,1-4H3,(H2,15,16,17). The van der Waals surface area contributed by atoms with E-state index in [4.69, 9.17) is 0 Å². The van der Waals surface area contributed by atoms with Crippen LogP contribution < -0.4 is 10.6 Å². The zero-order valence-electron chi connectivity index (χ0n) is 12.2. The Morgan fingerprint density at radius 1 is 1.28 bits per heavy atom. The van der Waals surface area contributed by atoms with E-state index in [0.717, 1.165) is 25.7 Å². The molecule has 1 aliphatic rings. The molecule has 0 aromatic heterocycles. The number of amides is 2. The SMILES string of the molecule is CCNC(=O)NCC1(O)CCC(C(C)(C)C)CC1. The molecule has 1 saturated carbocycles. The molecule has 0 spiro atoms. The van der Waals surface area contributed by atoms with Crippen molar-refractivity contribution in [2.45, 2.75) is 59.0 Å². The third-order valence-electron chi connectivity index (χ3n) is 4.06. The van der Waals surface area contributed by atoms with Gasteiger partial charge in [-0.05, 0) is 43.9 Å². The highest BCUT2D eigenvalue weighted by molar-refractivity contribution is 5.73. The quantitative estimate of drug-likeness (QED) is 0.725. The minimum atomic E-state index is -0.715. The minimum Gasteiger partial charge on any atom is -0.388 e. The van der Waals surface area contributed by atoms with E-state index >= 15 is 0 Å². The Hall–Kier alpha value is -0.770. The van der Waals surface area contributed by atoms with Crippen LogP contribution in [0.5, 0.6) is 0 Å². The molecule has 0 radical (unpaired) electrons. The Kier molecular flexibility index (Phi) is 5.02. The molecule has 1 rings (SSSR count). The minimum absolute atomic E-state index is 0.191. The smallest absolute Gasteiger partial charge is 0.314 e. The van der Waals surface area contributed by atoms with Crippen LogP contribution in [0.25, 0.3) is 0 Å². The summed E-state index contributed by atoms with van der Waals surface area (Å²) >= 11 is 0. The van der Waals surface area contributed by atoms with Crippen molar-refractivity contribution >= 4 is 6.03 Å². The van der Waals surface area contributed by atoms with Gasteiger partial charge in [-0.25, -0.2) is 4.79 Å². The Morgan fingerprint density at radius 3 is 2.28 bits per heavy atom. The number of nitrogens with one attached hydrogen (secondary N) is 2. The fourth-order valence-corrected chi connectivity index (χ4v) is 2.67. The molecular weight excluding hydrogens is 228 g/mol. The maximum atomic E-state index is 11.3. The highest BCUT2D eigenvalue weighted by Crippen LogP contribution is 2.41. The van der Waals surface area contributed by atoms with Crippen LogP contribution in [0.2, 0.25) is 0 Å². The van der Waals surface area contributed by atoms with Crippen molar-refractivity contribution in [1.29, 1.82) is 0 Å². The van der Waals surface area contributed by atoms with Crippen molar-refractivity contribution in [1.82, 2.24) is 10.6 Å². The van der Waals surface area contributed by atoms with E-state index in [-0.39, 0.29) is 6.03 Å². The van der Waals surface area contributed by atoms with Gasteiger partial charge in [-0.3, -0.25) is 0 Å². The van der Waals surface area contributed by atoms with Crippen molar-refractivity contribution in [2.24, 2.45) is 11.3 Å². The second-order valence-electron chi connectivity index (χ2n) is 6.58. The predicted molar refractivity (Wildman–Crippen MR) is 73.4 cm³/mol. The summed E-state index contributed by atoms with van der Waals surface area (Å²) in [4.78, 5) is 11.3. The molecule has 0 aromatic carbocycles. The van der Waals surface area contributed by atoms with Gasteiger partial charge in [0.25, 0.3) is 0 Å². The summed E-state index contributed by atoms with van der Waals surface area (Å²) in [5, 5.41) is 15.9. The maximum Gasteiger partial charge on any atom is 0.314 e. The number of urea groups is 1. The fourth-order valence-electron chi connectivity index (χ4n) is 2.67. The van der Waals surface area contributed by atoms with Gasteiger partial charge in [0.1, 0.15) is 0 Å². The first-order valence-electron chi connectivity index (χ1n) is 7.01. The lowest BCUT2D eigenvalue weighted by atomic mass is 9.68. The van der Waals surface area contributed by atoms with Gasteiger partial charge in [-0.15, -0.1) is 0 Å². The van der Waals surface area contributed by atoms with Gasteiger partial charge in [0.05, 0.1) is 5.60 Å². The molecule has 0 saturated heterocycles. The lowest BCUT2D eigenvalue weighted by molar-refractivity contribution is -0.0218. The molecule has 0 heterocycles. The molecular formula is C14H28N2O2. The summed E-state index contributed by atoms with van der Waals surface area (Å²) in [6.07, 6.45) is 3.64. The van der Waals surface area contributed by atoms with Crippen molar-refractivity contribution in [3.05, 3.63) is 0 Å². The zero-order valence-corrected chi connectivity index (χ0v) is 12.2. The van der Waals surface area contributed by atoms with Crippen LogP contribution in [0.4, 0.5) is 4.79 Å². The average Bonchev–Trinajstić information content (AvgIpc) is 2.26. The summed E-state index contributed by atoms with van der Waals surface area (Å²) in [5.74, 6) is 0.669. The second kappa shape index (κ2) is 5.91. The monoisotopic (exact) mass is 256 g/mol. The third-order valence-corrected chi connectivity index (χ3v) is 4.06. The third kappa shape index (κ3) is 4.48. The summed E-state index contributed by atoms with van der Waals surface area (Å²) in [6.45, 7) is 9.62. The number of carbonyl (C=O) groups excluding carboxylic acids is 1. The number of hydrogen-bond donors (Lipinski definition) is 3. The molecule has 2 amide bonds. The Balaban J connectivity index is 2.38. The van der Waals surface area contributed by atoms with Crippen molar-refractivity contribution in [3.8, 4) is 0 Å². The van der Waals surface area contributed by atoms with Crippen LogP contribution >= 0.6 is 0 Å². The van der Waals surface area contributed by atoms with E-state index in [2.05, 4.69) is 31.4 Å². The zero-order chi connectivity index (χ0) is 13.8. The summed E-state index contributed by atoms with van der Waals surface area (Å²) in [6, 6.07) is -0.191. The number of carbonyl (C=O) groups is 1. The number of aliphatic hydroxyl groups is 1. The largest absolute Gasteiger partial charge is 0.388 e. The van der Waals surface area contributed by atoms with E-state index in [0.29, 0.717) is 24.4 Å². The highest BCUT2D eigenvalue weighted by Gasteiger charge is 2.37. The van der Waals surface area contributed by atoms with E-state index in [1.165, 1.54) is 0 Å². The molecule has 18 heavy (non-hydrogen) atoms. The predicted octanol–water partition coefficient (Wildman–Crippen LogP) is 2.27. The lowest BCUT2D eigenvalue weighted by Crippen LogP contribution is -2.48. The highest BCUT2D eigenvalue weighted by atomic mass is 16.3. The van der Waals surface area contributed by atoms with Gasteiger partial charge in [0.2, 0.25) is 0 Å². The molecule has 0 atom stereocenters. The van der Waals surface area contributed by atoms with Gasteiger partial charge >= 0.3 is 6.03 Å². The molecule has 0 aromatic rings. The van der Waals surface area contributed by atoms with Gasteiger partial charge < -0.3 is 15.7 Å². The van der Waals surface area contributed by atoms with Crippen LogP contribution in [0.1, 0.15) is 53.4 Å². The first-order chi connectivity index (χ1) is 8.27. The Morgan fingerprint density at radius 2 is 1.83 bits per heavy atom. The van der Waals surface area contributed by atoms with Gasteiger partial charge in [-0.2, -0.15) is 0 Å². The van der Waals surface area contributed by atoms with Gasteiger partial charge in [0, 0.05) is 13.1 Å². The van der Waals surface area contributed by atoms with E-state index in [1.54, 1.807) is 0 Å². The fraction of sp³-hybridized carbons (Fsp3) is 0.929. The summed E-state index contributed by atoms with van der Waals surface area (Å²) in [7, 11) is 0. The van der Waals surface area contributed by atoms with Crippen LogP contribution in [0, 0.1) is 11.3 Å². The van der Waals surface area contributed by atoms with Gasteiger partial charge in [0.15, 0.2) is 0 Å². The van der Waals surface area contributed by atoms with Crippen molar-refractivity contribution in [3.63, 3.8) is 0 Å². The van der Waals surface area contributed by atoms with Crippen LogP contribution in [0.15, 0.2) is 0 Å². The first-order valence-corrected chi connectivity index (χ1v) is 7.01. The maximum absolute atomic E-state index is 11.3. The van der Waals surface area contributed by atoms with E-state index in [9.17, 15) is 9.90 Å².